The molecule has 0 heterocycles. The van der Waals surface area contributed by atoms with Crippen molar-refractivity contribution in [3.05, 3.63) is 0 Å². The number of carbonyl (C=O) groups excluding carboxylic acids is 6. The minimum absolute atomic E-state index is 0.0302. The fraction of sp³-hybridized carbons (Fsp3) is 0.630. The number of carbonyl (C=O) groups is 8. The van der Waals surface area contributed by atoms with Gasteiger partial charge < -0.3 is 76.3 Å². The van der Waals surface area contributed by atoms with Gasteiger partial charge in [0.25, 0.3) is 0 Å². The molecule has 24 nitrogen and oxygen atoms in total. The van der Waals surface area contributed by atoms with Crippen molar-refractivity contribution in [3.63, 3.8) is 0 Å². The number of aliphatic imine (C=N–C) groups is 2. The quantitative estimate of drug-likeness (QED) is 0.0235. The summed E-state index contributed by atoms with van der Waals surface area (Å²) < 4.78 is 0. The fourth-order valence-electron chi connectivity index (χ4n) is 4.06. The minimum atomic E-state index is -1.87. The maximum atomic E-state index is 13.4. The highest BCUT2D eigenvalue weighted by Gasteiger charge is 2.32. The first-order valence-corrected chi connectivity index (χ1v) is 15.5. The van der Waals surface area contributed by atoms with Crippen LogP contribution in [0.25, 0.3) is 0 Å². The lowest BCUT2D eigenvalue weighted by Gasteiger charge is -2.26. The lowest BCUT2D eigenvalue weighted by molar-refractivity contribution is -0.147. The van der Waals surface area contributed by atoms with Gasteiger partial charge in [0.15, 0.2) is 11.9 Å². The average Bonchev–Trinajstić information content (AvgIpc) is 3.03. The topological polar surface area (TPSA) is 438 Å². The lowest BCUT2D eigenvalue weighted by Crippen LogP contribution is -2.59. The summed E-state index contributed by atoms with van der Waals surface area (Å²) in [5.74, 6) is -9.28. The zero-order chi connectivity index (χ0) is 39.3. The van der Waals surface area contributed by atoms with E-state index in [1.807, 2.05) is 5.32 Å². The SMILES string of the molecule is CC(NC(=O)C(CCCN=C(N)N)NC(=O)C(CCCN=C(N)N)NC(=O)C(N)CO)C(=O)NC(CCC(N)=O)C(=O)NC(CC(=O)O)C(=O)O. The van der Waals surface area contributed by atoms with Crippen LogP contribution in [-0.4, -0.2) is 131 Å². The van der Waals surface area contributed by atoms with Crippen LogP contribution >= 0.6 is 0 Å². The van der Waals surface area contributed by atoms with Crippen LogP contribution < -0.4 is 61.0 Å². The number of aliphatic carboxylic acids is 2. The molecule has 0 saturated carbocycles. The van der Waals surface area contributed by atoms with Gasteiger partial charge in [-0.3, -0.25) is 43.5 Å². The number of guanidine groups is 2. The van der Waals surface area contributed by atoms with E-state index in [-0.39, 0.29) is 50.7 Å². The Kier molecular flexibility index (Phi) is 20.9. The molecule has 20 N–H and O–H groups in total. The molecule has 0 bridgehead atoms. The van der Waals surface area contributed by atoms with Crippen molar-refractivity contribution >= 4 is 59.3 Å². The van der Waals surface area contributed by atoms with E-state index >= 15 is 0 Å². The molecule has 0 rings (SSSR count). The van der Waals surface area contributed by atoms with Crippen molar-refractivity contribution in [3.8, 4) is 0 Å². The first-order chi connectivity index (χ1) is 23.8. The number of amides is 6. The Morgan fingerprint density at radius 2 is 1.02 bits per heavy atom. The number of rotatable bonds is 25. The van der Waals surface area contributed by atoms with E-state index in [2.05, 4.69) is 31.3 Å². The molecule has 51 heavy (non-hydrogen) atoms. The number of primary amides is 1. The number of hydrogen-bond acceptors (Lipinski definition) is 12. The average molecular weight is 732 g/mol. The molecule has 0 aliphatic heterocycles. The molecular weight excluding hydrogens is 682 g/mol. The summed E-state index contributed by atoms with van der Waals surface area (Å²) in [6.45, 7) is 0.607. The van der Waals surface area contributed by atoms with E-state index in [4.69, 9.17) is 39.5 Å². The summed E-state index contributed by atoms with van der Waals surface area (Å²) in [5, 5.41) is 38.9. The summed E-state index contributed by atoms with van der Waals surface area (Å²) in [6.07, 6.45) is -1.62. The third-order valence-electron chi connectivity index (χ3n) is 6.75. The van der Waals surface area contributed by atoms with Gasteiger partial charge in [-0.25, -0.2) is 4.79 Å². The second-order valence-electron chi connectivity index (χ2n) is 11.1. The summed E-state index contributed by atoms with van der Waals surface area (Å²) in [5.41, 5.74) is 32.0. The molecule has 0 saturated heterocycles. The van der Waals surface area contributed by atoms with Crippen molar-refractivity contribution in [2.75, 3.05) is 19.7 Å². The van der Waals surface area contributed by atoms with Gasteiger partial charge in [-0.2, -0.15) is 0 Å². The molecule has 0 aliphatic rings. The van der Waals surface area contributed by atoms with E-state index in [0.29, 0.717) is 0 Å². The summed E-state index contributed by atoms with van der Waals surface area (Å²) in [7, 11) is 0. The van der Waals surface area contributed by atoms with Gasteiger partial charge >= 0.3 is 11.9 Å². The Hall–Kier alpha value is -5.78. The van der Waals surface area contributed by atoms with E-state index < -0.39 is 110 Å². The zero-order valence-corrected chi connectivity index (χ0v) is 28.0. The first kappa shape index (κ1) is 45.2. The maximum absolute atomic E-state index is 13.4. The molecule has 0 aromatic carbocycles. The highest BCUT2D eigenvalue weighted by atomic mass is 16.4. The maximum Gasteiger partial charge on any atom is 0.326 e. The zero-order valence-electron chi connectivity index (χ0n) is 28.0. The molecule has 0 spiro atoms. The Bertz CT molecular complexity index is 1300. The van der Waals surface area contributed by atoms with Gasteiger partial charge in [-0.15, -0.1) is 0 Å². The molecule has 0 aliphatic carbocycles. The molecule has 288 valence electrons. The third kappa shape index (κ3) is 19.7. The van der Waals surface area contributed by atoms with Crippen LogP contribution in [0.15, 0.2) is 9.98 Å². The molecule has 24 heteroatoms. The number of aliphatic hydroxyl groups excluding tert-OH is 1. The second kappa shape index (κ2) is 23.6. The van der Waals surface area contributed by atoms with E-state index in [1.165, 1.54) is 6.92 Å². The van der Waals surface area contributed by atoms with Crippen molar-refractivity contribution in [1.29, 1.82) is 0 Å². The van der Waals surface area contributed by atoms with Crippen molar-refractivity contribution in [2.45, 2.75) is 88.1 Å². The van der Waals surface area contributed by atoms with Crippen LogP contribution in [0.4, 0.5) is 0 Å². The monoisotopic (exact) mass is 731 g/mol. The van der Waals surface area contributed by atoms with E-state index in [0.717, 1.165) is 0 Å². The Morgan fingerprint density at radius 1 is 0.608 bits per heavy atom. The molecule has 6 atom stereocenters. The predicted molar refractivity (Wildman–Crippen MR) is 179 cm³/mol. The van der Waals surface area contributed by atoms with Crippen LogP contribution in [0, 0.1) is 0 Å². The lowest BCUT2D eigenvalue weighted by atomic mass is 10.1. The minimum Gasteiger partial charge on any atom is -0.481 e. The predicted octanol–water partition coefficient (Wildman–Crippen LogP) is -7.32. The highest BCUT2D eigenvalue weighted by Crippen LogP contribution is 2.06. The largest absolute Gasteiger partial charge is 0.481 e. The van der Waals surface area contributed by atoms with Gasteiger partial charge in [-0.1, -0.05) is 0 Å². The van der Waals surface area contributed by atoms with Crippen LogP contribution in [0.5, 0.6) is 0 Å². The van der Waals surface area contributed by atoms with Gasteiger partial charge in [0.2, 0.25) is 35.4 Å². The van der Waals surface area contributed by atoms with Crippen molar-refractivity contribution in [1.82, 2.24) is 26.6 Å². The van der Waals surface area contributed by atoms with Crippen molar-refractivity contribution in [2.24, 2.45) is 44.4 Å². The molecule has 6 unspecified atom stereocenters. The second-order valence-corrected chi connectivity index (χ2v) is 11.1. The van der Waals surface area contributed by atoms with Gasteiger partial charge in [0, 0.05) is 19.5 Å². The molecule has 0 aromatic rings. The number of carboxylic acids is 2. The molecule has 0 radical (unpaired) electrons. The normalized spacial score (nSPS) is 14.1. The molecule has 0 aromatic heterocycles. The van der Waals surface area contributed by atoms with Gasteiger partial charge in [-0.05, 0) is 39.0 Å². The van der Waals surface area contributed by atoms with E-state index in [9.17, 15) is 48.6 Å². The number of carboxylic acid groups (broad SMARTS) is 2. The summed E-state index contributed by atoms with van der Waals surface area (Å²) in [4.78, 5) is 106. The number of nitrogens with zero attached hydrogens (tertiary/aromatic N) is 2. The summed E-state index contributed by atoms with van der Waals surface area (Å²) in [6, 6.07) is -8.86. The fourth-order valence-corrected chi connectivity index (χ4v) is 4.06. The van der Waals surface area contributed by atoms with Crippen LogP contribution in [0.3, 0.4) is 0 Å². The molecular formula is C27H49N13O11. The smallest absolute Gasteiger partial charge is 0.326 e. The number of nitrogens with one attached hydrogen (secondary N) is 5. The highest BCUT2D eigenvalue weighted by molar-refractivity contribution is 5.96. The Morgan fingerprint density at radius 3 is 1.43 bits per heavy atom. The van der Waals surface area contributed by atoms with Crippen LogP contribution in [0.1, 0.15) is 51.9 Å². The van der Waals surface area contributed by atoms with Crippen LogP contribution in [-0.2, 0) is 38.4 Å². The standard InChI is InChI=1S/C27H49N13O11/c1-12(20(45)37-16(6-7-18(29)42)24(49)40-17(25(50)51)10-19(43)44)36-22(47)14(4-2-8-34-26(30)31)39-23(48)15(5-3-9-35-27(32)33)38-21(46)13(28)11-41/h12-17,41H,2-11,28H2,1H3,(H2,29,42)(H,36,47)(H,37,45)(H,38,46)(H,39,48)(H,40,49)(H,43,44)(H,50,51)(H4,30,31,34)(H4,32,33,35). The molecule has 6 amide bonds. The Balaban J connectivity index is 6.04. The number of hydrogen-bond donors (Lipinski definition) is 14. The molecule has 0 fully saturated rings. The first-order valence-electron chi connectivity index (χ1n) is 15.5. The number of aliphatic hydroxyl groups is 1. The Labute approximate surface area is 291 Å². The number of nitrogens with two attached hydrogens (primary N) is 6. The van der Waals surface area contributed by atoms with Gasteiger partial charge in [0.05, 0.1) is 13.0 Å². The van der Waals surface area contributed by atoms with E-state index in [1.54, 1.807) is 0 Å². The third-order valence-corrected chi connectivity index (χ3v) is 6.75. The van der Waals surface area contributed by atoms with Crippen molar-refractivity contribution < 1.29 is 53.7 Å². The van der Waals surface area contributed by atoms with Crippen LogP contribution in [0.2, 0.25) is 0 Å². The van der Waals surface area contributed by atoms with Gasteiger partial charge in [0.1, 0.15) is 36.3 Å². The summed E-state index contributed by atoms with van der Waals surface area (Å²) >= 11 is 0.